The Morgan fingerprint density at radius 1 is 1.41 bits per heavy atom. The van der Waals surface area contributed by atoms with Crippen LogP contribution in [0.4, 0.5) is 5.69 Å². The van der Waals surface area contributed by atoms with Crippen LogP contribution >= 0.6 is 22.6 Å². The molecule has 0 aromatic heterocycles. The molecule has 1 aliphatic rings. The summed E-state index contributed by atoms with van der Waals surface area (Å²) in [6.45, 7) is 3.47. The fourth-order valence-corrected chi connectivity index (χ4v) is 3.00. The average Bonchev–Trinajstić information content (AvgIpc) is 2.33. The molecular weight excluding hydrogens is 323 g/mol. The van der Waals surface area contributed by atoms with Crippen LogP contribution in [0.25, 0.3) is 0 Å². The molecule has 0 aliphatic carbocycles. The van der Waals surface area contributed by atoms with Gasteiger partial charge in [0.05, 0.1) is 0 Å². The third kappa shape index (κ3) is 4.14. The second-order valence-corrected chi connectivity index (χ2v) is 6.07. The number of hydrogen-bond donors (Lipinski definition) is 2. The molecular formula is C14H21IN2. The zero-order valence-corrected chi connectivity index (χ0v) is 12.5. The van der Waals surface area contributed by atoms with Crippen molar-refractivity contribution in [3.63, 3.8) is 0 Å². The van der Waals surface area contributed by atoms with E-state index in [0.29, 0.717) is 12.1 Å². The van der Waals surface area contributed by atoms with Crippen molar-refractivity contribution in [2.45, 2.75) is 44.7 Å². The fraction of sp³-hybridized carbons (Fsp3) is 0.571. The predicted molar refractivity (Wildman–Crippen MR) is 82.5 cm³/mol. The van der Waals surface area contributed by atoms with Gasteiger partial charge in [-0.1, -0.05) is 18.6 Å². The minimum atomic E-state index is 0.529. The van der Waals surface area contributed by atoms with Crippen molar-refractivity contribution in [2.75, 3.05) is 11.9 Å². The summed E-state index contributed by atoms with van der Waals surface area (Å²) in [7, 11) is 0. The first-order valence-electron chi connectivity index (χ1n) is 6.50. The van der Waals surface area contributed by atoms with Crippen molar-refractivity contribution in [1.82, 2.24) is 5.32 Å². The van der Waals surface area contributed by atoms with E-state index in [1.54, 1.807) is 0 Å². The highest BCUT2D eigenvalue weighted by molar-refractivity contribution is 14.1. The summed E-state index contributed by atoms with van der Waals surface area (Å²) >= 11 is 2.39. The molecule has 1 fully saturated rings. The molecule has 1 aromatic rings. The maximum Gasteiger partial charge on any atom is 0.0477 e. The Kier molecular flexibility index (Phi) is 5.10. The Morgan fingerprint density at radius 2 is 2.24 bits per heavy atom. The van der Waals surface area contributed by atoms with Gasteiger partial charge in [-0.25, -0.2) is 0 Å². The number of halogens is 1. The van der Waals surface area contributed by atoms with Crippen molar-refractivity contribution in [3.8, 4) is 0 Å². The minimum absolute atomic E-state index is 0.529. The normalized spacial score (nSPS) is 22.1. The standard InChI is InChI=1S/C14H21IN2/c1-11(10-12-6-4-5-9-16-12)17-14-8-3-2-7-13(14)15/h2-3,7-8,11-12,16-17H,4-6,9-10H2,1H3. The number of anilines is 1. The van der Waals surface area contributed by atoms with Crippen molar-refractivity contribution in [3.05, 3.63) is 27.8 Å². The Morgan fingerprint density at radius 3 is 2.94 bits per heavy atom. The van der Waals surface area contributed by atoms with Crippen LogP contribution in [-0.4, -0.2) is 18.6 Å². The van der Waals surface area contributed by atoms with E-state index in [4.69, 9.17) is 0 Å². The van der Waals surface area contributed by atoms with Crippen molar-refractivity contribution in [1.29, 1.82) is 0 Å². The molecule has 1 aromatic carbocycles. The van der Waals surface area contributed by atoms with Crippen LogP contribution in [0.5, 0.6) is 0 Å². The third-order valence-electron chi connectivity index (χ3n) is 3.33. The smallest absolute Gasteiger partial charge is 0.0477 e. The molecule has 1 heterocycles. The minimum Gasteiger partial charge on any atom is -0.382 e. The Hall–Kier alpha value is -0.290. The van der Waals surface area contributed by atoms with E-state index in [1.807, 2.05) is 0 Å². The van der Waals surface area contributed by atoms with E-state index in [-0.39, 0.29) is 0 Å². The first-order chi connectivity index (χ1) is 8.25. The van der Waals surface area contributed by atoms with E-state index in [1.165, 1.54) is 41.5 Å². The van der Waals surface area contributed by atoms with Gasteiger partial charge in [0, 0.05) is 21.3 Å². The molecule has 1 saturated heterocycles. The highest BCUT2D eigenvalue weighted by Gasteiger charge is 2.15. The van der Waals surface area contributed by atoms with Crippen LogP contribution in [0.15, 0.2) is 24.3 Å². The third-order valence-corrected chi connectivity index (χ3v) is 4.27. The molecule has 0 bridgehead atoms. The number of piperidine rings is 1. The largest absolute Gasteiger partial charge is 0.382 e. The quantitative estimate of drug-likeness (QED) is 0.816. The second kappa shape index (κ2) is 6.59. The van der Waals surface area contributed by atoms with Gasteiger partial charge in [0.1, 0.15) is 0 Å². The molecule has 2 rings (SSSR count). The van der Waals surface area contributed by atoms with Gasteiger partial charge in [0.2, 0.25) is 0 Å². The van der Waals surface area contributed by atoms with E-state index in [9.17, 15) is 0 Å². The van der Waals surface area contributed by atoms with E-state index in [0.717, 1.165) is 0 Å². The number of para-hydroxylation sites is 1. The first kappa shape index (κ1) is 13.1. The molecule has 2 atom stereocenters. The molecule has 2 unspecified atom stereocenters. The lowest BCUT2D eigenvalue weighted by molar-refractivity contribution is 0.371. The summed E-state index contributed by atoms with van der Waals surface area (Å²) in [6, 6.07) is 9.71. The summed E-state index contributed by atoms with van der Waals surface area (Å²) in [5.74, 6) is 0. The maximum atomic E-state index is 3.61. The lowest BCUT2D eigenvalue weighted by Gasteiger charge is -2.27. The van der Waals surface area contributed by atoms with Crippen molar-refractivity contribution < 1.29 is 0 Å². The lowest BCUT2D eigenvalue weighted by atomic mass is 9.99. The number of rotatable bonds is 4. The molecule has 2 nitrogen and oxygen atoms in total. The summed E-state index contributed by atoms with van der Waals surface area (Å²) in [5, 5.41) is 7.22. The molecule has 0 saturated carbocycles. The van der Waals surface area contributed by atoms with Crippen LogP contribution in [0, 0.1) is 3.57 Å². The van der Waals surface area contributed by atoms with Crippen LogP contribution in [-0.2, 0) is 0 Å². The second-order valence-electron chi connectivity index (χ2n) is 4.91. The first-order valence-corrected chi connectivity index (χ1v) is 7.58. The van der Waals surface area contributed by atoms with Crippen LogP contribution in [0.1, 0.15) is 32.6 Å². The Balaban J connectivity index is 1.84. The number of benzene rings is 1. The summed E-state index contributed by atoms with van der Waals surface area (Å²) < 4.78 is 1.30. The summed E-state index contributed by atoms with van der Waals surface area (Å²) in [6.07, 6.45) is 5.27. The van der Waals surface area contributed by atoms with Gasteiger partial charge >= 0.3 is 0 Å². The van der Waals surface area contributed by atoms with Gasteiger partial charge in [0.25, 0.3) is 0 Å². The molecule has 3 heteroatoms. The zero-order valence-electron chi connectivity index (χ0n) is 10.4. The van der Waals surface area contributed by atoms with Gasteiger partial charge in [0.15, 0.2) is 0 Å². The Labute approximate surface area is 118 Å². The van der Waals surface area contributed by atoms with Gasteiger partial charge in [-0.2, -0.15) is 0 Å². The van der Waals surface area contributed by atoms with Crippen molar-refractivity contribution >= 4 is 28.3 Å². The van der Waals surface area contributed by atoms with Crippen molar-refractivity contribution in [2.24, 2.45) is 0 Å². The van der Waals surface area contributed by atoms with Gasteiger partial charge in [-0.15, -0.1) is 0 Å². The molecule has 1 aliphatic heterocycles. The highest BCUT2D eigenvalue weighted by Crippen LogP contribution is 2.20. The topological polar surface area (TPSA) is 24.1 Å². The monoisotopic (exact) mass is 344 g/mol. The van der Waals surface area contributed by atoms with Gasteiger partial charge < -0.3 is 10.6 Å². The number of hydrogen-bond acceptors (Lipinski definition) is 2. The fourth-order valence-electron chi connectivity index (χ4n) is 2.45. The summed E-state index contributed by atoms with van der Waals surface area (Å²) in [4.78, 5) is 0. The van der Waals surface area contributed by atoms with E-state index < -0.39 is 0 Å². The Bertz CT molecular complexity index is 348. The molecule has 94 valence electrons. The SMILES string of the molecule is CC(CC1CCCCN1)Nc1ccccc1I. The molecule has 0 spiro atoms. The average molecular weight is 344 g/mol. The lowest BCUT2D eigenvalue weighted by Crippen LogP contribution is -2.37. The predicted octanol–water partition coefficient (Wildman–Crippen LogP) is 3.62. The van der Waals surface area contributed by atoms with E-state index in [2.05, 4.69) is 64.4 Å². The van der Waals surface area contributed by atoms with Crippen LogP contribution < -0.4 is 10.6 Å². The highest BCUT2D eigenvalue weighted by atomic mass is 127. The van der Waals surface area contributed by atoms with Gasteiger partial charge in [-0.3, -0.25) is 0 Å². The molecule has 17 heavy (non-hydrogen) atoms. The van der Waals surface area contributed by atoms with Crippen LogP contribution in [0.2, 0.25) is 0 Å². The molecule has 0 amide bonds. The zero-order chi connectivity index (χ0) is 12.1. The van der Waals surface area contributed by atoms with Crippen LogP contribution in [0.3, 0.4) is 0 Å². The maximum absolute atomic E-state index is 3.61. The van der Waals surface area contributed by atoms with Gasteiger partial charge in [-0.05, 0) is 67.5 Å². The molecule has 2 N–H and O–H groups in total. The summed E-state index contributed by atoms with van der Waals surface area (Å²) in [5.41, 5.74) is 1.26. The molecule has 0 radical (unpaired) electrons. The van der Waals surface area contributed by atoms with E-state index >= 15 is 0 Å². The number of nitrogens with one attached hydrogen (secondary N) is 2.